The van der Waals surface area contributed by atoms with Crippen molar-refractivity contribution in [2.24, 2.45) is 0 Å². The van der Waals surface area contributed by atoms with Crippen LogP contribution in [-0.4, -0.2) is 30.9 Å². The minimum Gasteiger partial charge on any atom is -0.508 e. The van der Waals surface area contributed by atoms with Crippen LogP contribution in [0.5, 0.6) is 5.75 Å². The van der Waals surface area contributed by atoms with Gasteiger partial charge >= 0.3 is 0 Å². The molecule has 0 bridgehead atoms. The lowest BCUT2D eigenvalue weighted by Gasteiger charge is -2.18. The maximum atomic E-state index is 9.23. The summed E-state index contributed by atoms with van der Waals surface area (Å²) in [7, 11) is 0. The number of nitrogens with one attached hydrogen (secondary N) is 1. The quantitative estimate of drug-likeness (QED) is 0.729. The second-order valence-corrected chi connectivity index (χ2v) is 4.18. The van der Waals surface area contributed by atoms with Gasteiger partial charge in [0.2, 0.25) is 0 Å². The summed E-state index contributed by atoms with van der Waals surface area (Å²) in [6.07, 6.45) is 2.05. The van der Waals surface area contributed by atoms with Crippen LogP contribution in [0.15, 0.2) is 24.3 Å². The third kappa shape index (κ3) is 5.71. The van der Waals surface area contributed by atoms with Gasteiger partial charge in [0.05, 0.1) is 6.61 Å². The van der Waals surface area contributed by atoms with Crippen molar-refractivity contribution in [3.05, 3.63) is 29.8 Å². The molecule has 0 aliphatic carbocycles. The average Bonchev–Trinajstić information content (AvgIpc) is 2.35. The van der Waals surface area contributed by atoms with E-state index in [-0.39, 0.29) is 0 Å². The van der Waals surface area contributed by atoms with E-state index < -0.39 is 0 Å². The van der Waals surface area contributed by atoms with Crippen molar-refractivity contribution < 1.29 is 9.84 Å². The number of phenols is 1. The number of aromatic hydroxyl groups is 1. The van der Waals surface area contributed by atoms with Crippen LogP contribution in [-0.2, 0) is 11.2 Å². The van der Waals surface area contributed by atoms with Crippen molar-refractivity contribution in [3.63, 3.8) is 0 Å². The number of benzene rings is 1. The molecule has 1 unspecified atom stereocenters. The predicted octanol–water partition coefficient (Wildman–Crippen LogP) is 2.34. The van der Waals surface area contributed by atoms with Gasteiger partial charge in [-0.05, 0) is 44.0 Å². The van der Waals surface area contributed by atoms with Gasteiger partial charge < -0.3 is 15.2 Å². The summed E-state index contributed by atoms with van der Waals surface area (Å²) in [6.45, 7) is 6.66. The van der Waals surface area contributed by atoms with Gasteiger partial charge in [-0.15, -0.1) is 0 Å². The average molecular weight is 237 g/mol. The van der Waals surface area contributed by atoms with E-state index in [2.05, 4.69) is 12.2 Å². The maximum absolute atomic E-state index is 9.23. The van der Waals surface area contributed by atoms with Crippen LogP contribution in [0.25, 0.3) is 0 Å². The van der Waals surface area contributed by atoms with E-state index in [4.69, 9.17) is 4.74 Å². The molecule has 0 heterocycles. The lowest BCUT2D eigenvalue weighted by molar-refractivity contribution is 0.122. The molecule has 3 heteroatoms. The SMILES string of the molecule is CCCNC(COCC)Cc1ccc(O)cc1. The minimum absolute atomic E-state index is 0.316. The Balaban J connectivity index is 2.48. The van der Waals surface area contributed by atoms with E-state index in [1.807, 2.05) is 19.1 Å². The largest absolute Gasteiger partial charge is 0.508 e. The molecule has 0 spiro atoms. The zero-order valence-corrected chi connectivity index (χ0v) is 10.8. The van der Waals surface area contributed by atoms with Gasteiger partial charge in [0.1, 0.15) is 5.75 Å². The van der Waals surface area contributed by atoms with E-state index in [0.29, 0.717) is 11.8 Å². The van der Waals surface area contributed by atoms with Gasteiger partial charge in [-0.1, -0.05) is 19.1 Å². The Hall–Kier alpha value is -1.06. The second kappa shape index (κ2) is 8.09. The Bertz CT molecular complexity index is 290. The summed E-state index contributed by atoms with van der Waals surface area (Å²) < 4.78 is 5.48. The molecular weight excluding hydrogens is 214 g/mol. The van der Waals surface area contributed by atoms with Crippen LogP contribution >= 0.6 is 0 Å². The standard InChI is InChI=1S/C14H23NO2/c1-3-9-15-13(11-17-4-2)10-12-5-7-14(16)8-6-12/h5-8,13,15-16H,3-4,9-11H2,1-2H3. The fourth-order valence-electron chi connectivity index (χ4n) is 1.72. The lowest BCUT2D eigenvalue weighted by Crippen LogP contribution is -2.36. The third-order valence-corrected chi connectivity index (χ3v) is 2.62. The number of rotatable bonds is 8. The van der Waals surface area contributed by atoms with Crippen LogP contribution in [0.3, 0.4) is 0 Å². The summed E-state index contributed by atoms with van der Waals surface area (Å²) in [5.74, 6) is 0.316. The third-order valence-electron chi connectivity index (χ3n) is 2.62. The first-order valence-electron chi connectivity index (χ1n) is 6.35. The van der Waals surface area contributed by atoms with Gasteiger partial charge in [-0.3, -0.25) is 0 Å². The van der Waals surface area contributed by atoms with Gasteiger partial charge in [-0.25, -0.2) is 0 Å². The highest BCUT2D eigenvalue weighted by Gasteiger charge is 2.08. The molecule has 1 atom stereocenters. The topological polar surface area (TPSA) is 41.5 Å². The normalized spacial score (nSPS) is 12.6. The molecule has 0 saturated carbocycles. The minimum atomic E-state index is 0.316. The number of hydrogen-bond donors (Lipinski definition) is 2. The molecule has 1 aromatic rings. The zero-order valence-electron chi connectivity index (χ0n) is 10.8. The molecule has 0 radical (unpaired) electrons. The second-order valence-electron chi connectivity index (χ2n) is 4.18. The highest BCUT2D eigenvalue weighted by molar-refractivity contribution is 5.26. The summed E-state index contributed by atoms with van der Waals surface area (Å²) in [5, 5.41) is 12.7. The smallest absolute Gasteiger partial charge is 0.115 e. The molecule has 17 heavy (non-hydrogen) atoms. The van der Waals surface area contributed by atoms with Crippen molar-refractivity contribution in [1.29, 1.82) is 0 Å². The Morgan fingerprint density at radius 1 is 1.24 bits per heavy atom. The monoisotopic (exact) mass is 237 g/mol. The molecule has 0 aliphatic heterocycles. The first-order valence-corrected chi connectivity index (χ1v) is 6.35. The van der Waals surface area contributed by atoms with Crippen LogP contribution in [0.2, 0.25) is 0 Å². The van der Waals surface area contributed by atoms with E-state index in [0.717, 1.165) is 32.6 Å². The Morgan fingerprint density at radius 3 is 2.53 bits per heavy atom. The molecule has 0 aromatic heterocycles. The highest BCUT2D eigenvalue weighted by Crippen LogP contribution is 2.11. The molecule has 0 saturated heterocycles. The first kappa shape index (κ1) is 14.0. The summed E-state index contributed by atoms with van der Waals surface area (Å²) in [4.78, 5) is 0. The zero-order chi connectivity index (χ0) is 12.5. The molecule has 2 N–H and O–H groups in total. The van der Waals surface area contributed by atoms with Crippen molar-refractivity contribution in [2.75, 3.05) is 19.8 Å². The van der Waals surface area contributed by atoms with Gasteiger partial charge in [0, 0.05) is 12.6 Å². The Kier molecular flexibility index (Phi) is 6.67. The van der Waals surface area contributed by atoms with Crippen LogP contribution in [0.4, 0.5) is 0 Å². The summed E-state index contributed by atoms with van der Waals surface area (Å²) in [5.41, 5.74) is 1.22. The molecule has 0 aliphatic rings. The van der Waals surface area contributed by atoms with Crippen LogP contribution in [0.1, 0.15) is 25.8 Å². The first-order chi connectivity index (χ1) is 8.26. The molecular formula is C14H23NO2. The molecule has 3 nitrogen and oxygen atoms in total. The van der Waals surface area contributed by atoms with Gasteiger partial charge in [0.15, 0.2) is 0 Å². The predicted molar refractivity (Wildman–Crippen MR) is 70.4 cm³/mol. The summed E-state index contributed by atoms with van der Waals surface area (Å²) >= 11 is 0. The Morgan fingerprint density at radius 2 is 1.94 bits per heavy atom. The van der Waals surface area contributed by atoms with E-state index in [9.17, 15) is 5.11 Å². The van der Waals surface area contributed by atoms with Crippen molar-refractivity contribution in [2.45, 2.75) is 32.7 Å². The number of ether oxygens (including phenoxy) is 1. The van der Waals surface area contributed by atoms with Gasteiger partial charge in [0.25, 0.3) is 0 Å². The molecule has 1 rings (SSSR count). The van der Waals surface area contributed by atoms with Gasteiger partial charge in [-0.2, -0.15) is 0 Å². The van der Waals surface area contributed by atoms with Crippen LogP contribution < -0.4 is 5.32 Å². The lowest BCUT2D eigenvalue weighted by atomic mass is 10.1. The summed E-state index contributed by atoms with van der Waals surface area (Å²) in [6, 6.07) is 7.73. The van der Waals surface area contributed by atoms with Crippen molar-refractivity contribution in [1.82, 2.24) is 5.32 Å². The van der Waals surface area contributed by atoms with Crippen molar-refractivity contribution in [3.8, 4) is 5.75 Å². The highest BCUT2D eigenvalue weighted by atomic mass is 16.5. The molecule has 1 aromatic carbocycles. The van der Waals surface area contributed by atoms with Crippen molar-refractivity contribution >= 4 is 0 Å². The van der Waals surface area contributed by atoms with Crippen LogP contribution in [0, 0.1) is 0 Å². The van der Waals surface area contributed by atoms with E-state index >= 15 is 0 Å². The molecule has 0 fully saturated rings. The molecule has 0 amide bonds. The maximum Gasteiger partial charge on any atom is 0.115 e. The fraction of sp³-hybridized carbons (Fsp3) is 0.571. The Labute approximate surface area is 104 Å². The number of phenolic OH excluding ortho intramolecular Hbond substituents is 1. The van der Waals surface area contributed by atoms with E-state index in [1.165, 1.54) is 5.56 Å². The van der Waals surface area contributed by atoms with E-state index in [1.54, 1.807) is 12.1 Å². The molecule has 96 valence electrons. The fourth-order valence-corrected chi connectivity index (χ4v) is 1.72. The number of hydrogen-bond acceptors (Lipinski definition) is 3.